The molecule has 0 atom stereocenters. The number of likely N-dealkylation sites (N-methyl/N-ethyl adjacent to an activating group) is 1. The van der Waals surface area contributed by atoms with Gasteiger partial charge in [-0.25, -0.2) is 9.78 Å². The van der Waals surface area contributed by atoms with Gasteiger partial charge < -0.3 is 20.7 Å². The van der Waals surface area contributed by atoms with Crippen LogP contribution in [0.5, 0.6) is 5.75 Å². The zero-order valence-electron chi connectivity index (χ0n) is 15.0. The first-order valence-electron chi connectivity index (χ1n) is 8.58. The zero-order chi connectivity index (χ0) is 18.8. The number of aromatic nitrogens is 1. The van der Waals surface area contributed by atoms with Crippen LogP contribution >= 0.6 is 11.3 Å². The van der Waals surface area contributed by atoms with E-state index in [1.54, 1.807) is 35.6 Å². The van der Waals surface area contributed by atoms with E-state index in [-0.39, 0.29) is 18.5 Å². The first kappa shape index (κ1) is 19.7. The van der Waals surface area contributed by atoms with Crippen molar-refractivity contribution in [2.24, 2.45) is 0 Å². The van der Waals surface area contributed by atoms with Crippen molar-refractivity contribution in [3.8, 4) is 5.75 Å². The Balaban J connectivity index is 1.70. The van der Waals surface area contributed by atoms with E-state index in [9.17, 15) is 9.59 Å². The standard InChI is InChI=1S/C18H24N4O3S/c1-3-17-21-14(12-26-17)9-10-20-18(24)22-13-5-7-15(8-6-13)25-11-16(23)19-4-2/h5-8,12H,3-4,9-11H2,1-2H3,(H,19,23)(H2,20,22,24). The summed E-state index contributed by atoms with van der Waals surface area (Å²) in [4.78, 5) is 27.7. The molecule has 0 spiro atoms. The molecule has 0 unspecified atom stereocenters. The molecule has 0 saturated heterocycles. The maximum Gasteiger partial charge on any atom is 0.319 e. The molecule has 0 saturated carbocycles. The number of nitrogens with one attached hydrogen (secondary N) is 3. The number of anilines is 1. The van der Waals surface area contributed by atoms with Gasteiger partial charge in [-0.05, 0) is 37.6 Å². The molecule has 0 aliphatic heterocycles. The molecule has 0 bridgehead atoms. The summed E-state index contributed by atoms with van der Waals surface area (Å²) >= 11 is 1.64. The van der Waals surface area contributed by atoms with Crippen LogP contribution in [-0.2, 0) is 17.6 Å². The number of hydrogen-bond donors (Lipinski definition) is 3. The van der Waals surface area contributed by atoms with Crippen LogP contribution < -0.4 is 20.7 Å². The molecule has 2 aromatic rings. The Morgan fingerprint density at radius 1 is 1.15 bits per heavy atom. The van der Waals surface area contributed by atoms with E-state index in [1.807, 2.05) is 12.3 Å². The molecule has 140 valence electrons. The molecular formula is C18H24N4O3S. The van der Waals surface area contributed by atoms with Crippen molar-refractivity contribution >= 4 is 29.0 Å². The molecule has 1 aromatic carbocycles. The maximum atomic E-state index is 11.9. The van der Waals surface area contributed by atoms with Crippen LogP contribution in [0, 0.1) is 0 Å². The first-order chi connectivity index (χ1) is 12.6. The second-order valence-corrected chi connectivity index (χ2v) is 6.43. The van der Waals surface area contributed by atoms with Gasteiger partial charge in [0.05, 0.1) is 10.7 Å². The molecule has 0 aliphatic rings. The molecule has 0 aliphatic carbocycles. The summed E-state index contributed by atoms with van der Waals surface area (Å²) in [5.74, 6) is 0.401. The first-order valence-corrected chi connectivity index (χ1v) is 9.46. The highest BCUT2D eigenvalue weighted by molar-refractivity contribution is 7.09. The van der Waals surface area contributed by atoms with E-state index in [4.69, 9.17) is 4.74 Å². The molecule has 8 heteroatoms. The fourth-order valence-electron chi connectivity index (χ4n) is 2.14. The Hall–Kier alpha value is -2.61. The Morgan fingerprint density at radius 2 is 1.92 bits per heavy atom. The molecule has 26 heavy (non-hydrogen) atoms. The van der Waals surface area contributed by atoms with Crippen LogP contribution in [0.25, 0.3) is 0 Å². The van der Waals surface area contributed by atoms with E-state index in [0.717, 1.165) is 17.1 Å². The summed E-state index contributed by atoms with van der Waals surface area (Å²) < 4.78 is 5.36. The molecule has 1 aromatic heterocycles. The minimum Gasteiger partial charge on any atom is -0.484 e. The zero-order valence-corrected chi connectivity index (χ0v) is 15.8. The van der Waals surface area contributed by atoms with Gasteiger partial charge in [0, 0.05) is 30.6 Å². The summed E-state index contributed by atoms with van der Waals surface area (Å²) in [6, 6.07) is 6.58. The van der Waals surface area contributed by atoms with Crippen LogP contribution in [0.15, 0.2) is 29.6 Å². The van der Waals surface area contributed by atoms with Gasteiger partial charge in [-0.2, -0.15) is 0 Å². The number of nitrogens with zero attached hydrogens (tertiary/aromatic N) is 1. The molecular weight excluding hydrogens is 352 g/mol. The van der Waals surface area contributed by atoms with Crippen LogP contribution in [0.1, 0.15) is 24.5 Å². The van der Waals surface area contributed by atoms with E-state index < -0.39 is 0 Å². The Labute approximate surface area is 157 Å². The average molecular weight is 376 g/mol. The van der Waals surface area contributed by atoms with Crippen molar-refractivity contribution < 1.29 is 14.3 Å². The van der Waals surface area contributed by atoms with Gasteiger partial charge in [-0.1, -0.05) is 6.92 Å². The third-order valence-electron chi connectivity index (χ3n) is 3.42. The number of rotatable bonds is 9. The number of carbonyl (C=O) groups is 2. The third kappa shape index (κ3) is 6.72. The number of amides is 3. The topological polar surface area (TPSA) is 92.4 Å². The number of thiazole rings is 1. The second kappa shape index (κ2) is 10.4. The second-order valence-electron chi connectivity index (χ2n) is 5.48. The highest BCUT2D eigenvalue weighted by Gasteiger charge is 2.05. The monoisotopic (exact) mass is 376 g/mol. The molecule has 3 N–H and O–H groups in total. The summed E-state index contributed by atoms with van der Waals surface area (Å²) in [5.41, 5.74) is 1.65. The molecule has 0 radical (unpaired) electrons. The van der Waals surface area contributed by atoms with Gasteiger partial charge in [0.2, 0.25) is 0 Å². The minimum atomic E-state index is -0.271. The largest absolute Gasteiger partial charge is 0.484 e. The number of aryl methyl sites for hydroxylation is 1. The molecule has 1 heterocycles. The number of carbonyl (C=O) groups excluding carboxylic acids is 2. The van der Waals surface area contributed by atoms with Crippen LogP contribution in [0.2, 0.25) is 0 Å². The van der Waals surface area contributed by atoms with E-state index >= 15 is 0 Å². The molecule has 7 nitrogen and oxygen atoms in total. The summed E-state index contributed by atoms with van der Waals surface area (Å²) in [5, 5.41) is 11.4. The Bertz CT molecular complexity index is 715. The van der Waals surface area contributed by atoms with Crippen molar-refractivity contribution in [2.75, 3.05) is 25.0 Å². The lowest BCUT2D eigenvalue weighted by Gasteiger charge is -2.09. The predicted octanol–water partition coefficient (Wildman–Crippen LogP) is 2.58. The maximum absolute atomic E-state index is 11.9. The SMILES string of the molecule is CCNC(=O)COc1ccc(NC(=O)NCCc2csc(CC)n2)cc1. The fourth-order valence-corrected chi connectivity index (χ4v) is 2.92. The highest BCUT2D eigenvalue weighted by Crippen LogP contribution is 2.15. The van der Waals surface area contributed by atoms with Gasteiger partial charge >= 0.3 is 6.03 Å². The van der Waals surface area contributed by atoms with Crippen molar-refractivity contribution in [3.05, 3.63) is 40.3 Å². The van der Waals surface area contributed by atoms with Crippen molar-refractivity contribution in [2.45, 2.75) is 26.7 Å². The van der Waals surface area contributed by atoms with E-state index in [1.165, 1.54) is 0 Å². The van der Waals surface area contributed by atoms with Crippen molar-refractivity contribution in [1.82, 2.24) is 15.6 Å². The fraction of sp³-hybridized carbons (Fsp3) is 0.389. The normalized spacial score (nSPS) is 10.2. The number of urea groups is 1. The van der Waals surface area contributed by atoms with Crippen molar-refractivity contribution in [3.63, 3.8) is 0 Å². The summed E-state index contributed by atoms with van der Waals surface area (Å²) in [6.07, 6.45) is 1.64. The smallest absolute Gasteiger partial charge is 0.319 e. The van der Waals surface area contributed by atoms with Gasteiger partial charge in [0.25, 0.3) is 5.91 Å². The average Bonchev–Trinajstić information content (AvgIpc) is 3.09. The number of ether oxygens (including phenoxy) is 1. The predicted molar refractivity (Wildman–Crippen MR) is 103 cm³/mol. The number of benzene rings is 1. The van der Waals surface area contributed by atoms with Crippen LogP contribution in [0.3, 0.4) is 0 Å². The van der Waals surface area contributed by atoms with Gasteiger partial charge in [0.15, 0.2) is 6.61 Å². The lowest BCUT2D eigenvalue weighted by molar-refractivity contribution is -0.122. The van der Waals surface area contributed by atoms with Gasteiger partial charge in [0.1, 0.15) is 5.75 Å². The number of hydrogen-bond acceptors (Lipinski definition) is 5. The van der Waals surface area contributed by atoms with Gasteiger partial charge in [-0.3, -0.25) is 4.79 Å². The van der Waals surface area contributed by atoms with Gasteiger partial charge in [-0.15, -0.1) is 11.3 Å². The molecule has 3 amide bonds. The van der Waals surface area contributed by atoms with Crippen LogP contribution in [-0.4, -0.2) is 36.6 Å². The Morgan fingerprint density at radius 3 is 2.58 bits per heavy atom. The van der Waals surface area contributed by atoms with Crippen LogP contribution in [0.4, 0.5) is 10.5 Å². The quantitative estimate of drug-likeness (QED) is 0.627. The highest BCUT2D eigenvalue weighted by atomic mass is 32.1. The van der Waals surface area contributed by atoms with E-state index in [0.29, 0.717) is 30.9 Å². The molecule has 2 rings (SSSR count). The Kier molecular flexibility index (Phi) is 7.88. The van der Waals surface area contributed by atoms with E-state index in [2.05, 4.69) is 27.9 Å². The summed E-state index contributed by atoms with van der Waals surface area (Å²) in [7, 11) is 0. The lowest BCUT2D eigenvalue weighted by atomic mass is 10.3. The minimum absolute atomic E-state index is 0.0303. The van der Waals surface area contributed by atoms with Crippen molar-refractivity contribution in [1.29, 1.82) is 0 Å². The molecule has 0 fully saturated rings. The lowest BCUT2D eigenvalue weighted by Crippen LogP contribution is -2.30. The third-order valence-corrected chi connectivity index (χ3v) is 4.47. The summed E-state index contributed by atoms with van der Waals surface area (Å²) in [6.45, 7) is 4.99.